The average molecular weight is 267 g/mol. The van der Waals surface area contributed by atoms with Gasteiger partial charge >= 0.3 is 5.97 Å². The second-order valence-corrected chi connectivity index (χ2v) is 4.43. The topological polar surface area (TPSA) is 78.8 Å². The van der Waals surface area contributed by atoms with Crippen molar-refractivity contribution in [3.05, 3.63) is 35.4 Å². The molecule has 1 unspecified atom stereocenters. The van der Waals surface area contributed by atoms with E-state index in [-0.39, 0.29) is 19.1 Å². The highest BCUT2D eigenvalue weighted by molar-refractivity contribution is 5.70. The van der Waals surface area contributed by atoms with Crippen molar-refractivity contribution in [2.75, 3.05) is 20.3 Å². The molecule has 0 aliphatic carbocycles. The number of methoxy groups -OCH3 is 1. The number of benzene rings is 1. The summed E-state index contributed by atoms with van der Waals surface area (Å²) >= 11 is 0. The Kier molecular flexibility index (Phi) is 7.10. The monoisotopic (exact) mass is 267 g/mol. The van der Waals surface area contributed by atoms with E-state index in [4.69, 9.17) is 9.84 Å². The molecule has 0 amide bonds. The second-order valence-electron chi connectivity index (χ2n) is 4.43. The molecule has 1 aromatic rings. The van der Waals surface area contributed by atoms with E-state index in [1.54, 1.807) is 7.11 Å². The van der Waals surface area contributed by atoms with Gasteiger partial charge in [-0.1, -0.05) is 24.3 Å². The lowest BCUT2D eigenvalue weighted by Gasteiger charge is -2.15. The number of carboxylic acids is 1. The van der Waals surface area contributed by atoms with E-state index in [9.17, 15) is 9.90 Å². The van der Waals surface area contributed by atoms with Gasteiger partial charge in [0.05, 0.1) is 13.0 Å². The first-order valence-electron chi connectivity index (χ1n) is 6.28. The van der Waals surface area contributed by atoms with E-state index in [0.717, 1.165) is 17.5 Å². The molecular formula is C14H21NO4. The van der Waals surface area contributed by atoms with Crippen LogP contribution in [0.2, 0.25) is 0 Å². The number of ether oxygens (including phenoxy) is 1. The number of carboxylic acid groups (broad SMARTS) is 1. The normalized spacial score (nSPS) is 12.3. The summed E-state index contributed by atoms with van der Waals surface area (Å²) in [6.07, 6.45) is 0.797. The van der Waals surface area contributed by atoms with Crippen LogP contribution in [-0.4, -0.2) is 42.5 Å². The molecule has 0 bridgehead atoms. The van der Waals surface area contributed by atoms with Crippen LogP contribution in [0.15, 0.2) is 24.3 Å². The summed E-state index contributed by atoms with van der Waals surface area (Å²) in [7, 11) is 1.63. The van der Waals surface area contributed by atoms with E-state index < -0.39 is 5.97 Å². The third-order valence-electron chi connectivity index (χ3n) is 2.86. The summed E-state index contributed by atoms with van der Waals surface area (Å²) in [6.45, 7) is 1.32. The molecular weight excluding hydrogens is 246 g/mol. The van der Waals surface area contributed by atoms with Crippen LogP contribution in [0.4, 0.5) is 0 Å². The first kappa shape index (κ1) is 15.6. The van der Waals surface area contributed by atoms with Crippen molar-refractivity contribution in [1.29, 1.82) is 0 Å². The predicted molar refractivity (Wildman–Crippen MR) is 72.0 cm³/mol. The molecule has 0 radical (unpaired) electrons. The summed E-state index contributed by atoms with van der Waals surface area (Å²) in [6, 6.07) is 7.44. The van der Waals surface area contributed by atoms with Gasteiger partial charge in [0.25, 0.3) is 0 Å². The number of aliphatic hydroxyl groups excluding tert-OH is 1. The Hall–Kier alpha value is -1.43. The van der Waals surface area contributed by atoms with Gasteiger partial charge in [-0.2, -0.15) is 0 Å². The lowest BCUT2D eigenvalue weighted by Crippen LogP contribution is -2.33. The molecule has 0 aromatic heterocycles. The van der Waals surface area contributed by atoms with Crippen LogP contribution in [0.5, 0.6) is 0 Å². The van der Waals surface area contributed by atoms with E-state index in [2.05, 4.69) is 5.32 Å². The summed E-state index contributed by atoms with van der Waals surface area (Å²) < 4.78 is 4.97. The number of hydrogen-bond acceptors (Lipinski definition) is 4. The van der Waals surface area contributed by atoms with Crippen molar-refractivity contribution in [2.24, 2.45) is 0 Å². The van der Waals surface area contributed by atoms with Gasteiger partial charge in [0.1, 0.15) is 0 Å². The first-order chi connectivity index (χ1) is 9.15. The van der Waals surface area contributed by atoms with Gasteiger partial charge in [0.15, 0.2) is 0 Å². The van der Waals surface area contributed by atoms with Crippen molar-refractivity contribution in [3.8, 4) is 0 Å². The molecule has 5 heteroatoms. The van der Waals surface area contributed by atoms with E-state index in [0.29, 0.717) is 13.2 Å². The maximum Gasteiger partial charge on any atom is 0.307 e. The summed E-state index contributed by atoms with van der Waals surface area (Å²) in [4.78, 5) is 10.6. The number of rotatable bonds is 9. The molecule has 3 N–H and O–H groups in total. The second kappa shape index (κ2) is 8.63. The fraction of sp³-hybridized carbons (Fsp3) is 0.500. The van der Waals surface area contributed by atoms with Crippen LogP contribution in [0.3, 0.4) is 0 Å². The quantitative estimate of drug-likeness (QED) is 0.617. The Labute approximate surface area is 113 Å². The molecule has 0 fully saturated rings. The van der Waals surface area contributed by atoms with Gasteiger partial charge in [0, 0.05) is 26.3 Å². The van der Waals surface area contributed by atoms with Crippen LogP contribution >= 0.6 is 0 Å². The highest BCUT2D eigenvalue weighted by atomic mass is 16.5. The van der Waals surface area contributed by atoms with Crippen molar-refractivity contribution in [1.82, 2.24) is 5.32 Å². The van der Waals surface area contributed by atoms with E-state index in [1.165, 1.54) is 0 Å². The lowest BCUT2D eigenvalue weighted by atomic mass is 10.1. The Morgan fingerprint density at radius 2 is 1.95 bits per heavy atom. The molecule has 0 saturated heterocycles. The summed E-state index contributed by atoms with van der Waals surface area (Å²) in [5, 5.41) is 21.1. The van der Waals surface area contributed by atoms with Crippen LogP contribution in [0.1, 0.15) is 17.5 Å². The lowest BCUT2D eigenvalue weighted by molar-refractivity contribution is -0.136. The van der Waals surface area contributed by atoms with Crippen molar-refractivity contribution >= 4 is 5.97 Å². The maximum atomic E-state index is 10.6. The highest BCUT2D eigenvalue weighted by Crippen LogP contribution is 2.06. The Morgan fingerprint density at radius 3 is 2.47 bits per heavy atom. The molecule has 0 heterocycles. The zero-order chi connectivity index (χ0) is 14.1. The van der Waals surface area contributed by atoms with Gasteiger partial charge < -0.3 is 20.3 Å². The zero-order valence-corrected chi connectivity index (χ0v) is 11.1. The molecule has 19 heavy (non-hydrogen) atoms. The Bertz CT molecular complexity index is 378. The van der Waals surface area contributed by atoms with Crippen LogP contribution in [-0.2, 0) is 22.5 Å². The smallest absolute Gasteiger partial charge is 0.307 e. The van der Waals surface area contributed by atoms with Crippen molar-refractivity contribution in [3.63, 3.8) is 0 Å². The third-order valence-corrected chi connectivity index (χ3v) is 2.86. The van der Waals surface area contributed by atoms with Crippen LogP contribution in [0, 0.1) is 0 Å². The SMILES string of the molecule is COCCC(CO)NCc1ccc(CC(=O)O)cc1. The molecule has 0 aliphatic rings. The maximum absolute atomic E-state index is 10.6. The number of aliphatic carboxylic acids is 1. The van der Waals surface area contributed by atoms with Gasteiger partial charge in [-0.3, -0.25) is 4.79 Å². The Morgan fingerprint density at radius 1 is 1.32 bits per heavy atom. The number of nitrogens with one attached hydrogen (secondary N) is 1. The average Bonchev–Trinajstić information content (AvgIpc) is 2.40. The largest absolute Gasteiger partial charge is 0.481 e. The Balaban J connectivity index is 2.41. The van der Waals surface area contributed by atoms with Gasteiger partial charge in [-0.05, 0) is 17.5 Å². The fourth-order valence-corrected chi connectivity index (χ4v) is 1.73. The molecule has 5 nitrogen and oxygen atoms in total. The number of hydrogen-bond donors (Lipinski definition) is 3. The van der Waals surface area contributed by atoms with Crippen LogP contribution in [0.25, 0.3) is 0 Å². The van der Waals surface area contributed by atoms with Crippen molar-refractivity contribution in [2.45, 2.75) is 25.4 Å². The van der Waals surface area contributed by atoms with E-state index >= 15 is 0 Å². The molecule has 0 saturated carbocycles. The molecule has 106 valence electrons. The number of aliphatic hydroxyl groups is 1. The summed E-state index contributed by atoms with van der Waals surface area (Å²) in [5.41, 5.74) is 1.85. The fourth-order valence-electron chi connectivity index (χ4n) is 1.73. The van der Waals surface area contributed by atoms with Gasteiger partial charge in [-0.15, -0.1) is 0 Å². The minimum Gasteiger partial charge on any atom is -0.481 e. The third kappa shape index (κ3) is 6.33. The minimum absolute atomic E-state index is 0.0126. The minimum atomic E-state index is -0.828. The van der Waals surface area contributed by atoms with E-state index in [1.807, 2.05) is 24.3 Å². The first-order valence-corrected chi connectivity index (χ1v) is 6.28. The zero-order valence-electron chi connectivity index (χ0n) is 11.1. The molecule has 1 rings (SSSR count). The molecule has 1 atom stereocenters. The molecule has 0 aliphatic heterocycles. The summed E-state index contributed by atoms with van der Waals surface area (Å²) in [5.74, 6) is -0.828. The van der Waals surface area contributed by atoms with Crippen LogP contribution < -0.4 is 5.32 Å². The van der Waals surface area contributed by atoms with Gasteiger partial charge in [0.2, 0.25) is 0 Å². The molecule has 0 spiro atoms. The standard InChI is InChI=1S/C14H21NO4/c1-19-7-6-13(10-16)15-9-12-4-2-11(3-5-12)8-14(17)18/h2-5,13,15-16H,6-10H2,1H3,(H,17,18). The highest BCUT2D eigenvalue weighted by Gasteiger charge is 2.06. The number of carbonyl (C=O) groups is 1. The molecule has 1 aromatic carbocycles. The predicted octanol–water partition coefficient (Wildman–Crippen LogP) is 0.801. The van der Waals surface area contributed by atoms with Crippen molar-refractivity contribution < 1.29 is 19.7 Å². The van der Waals surface area contributed by atoms with Gasteiger partial charge in [-0.25, -0.2) is 0 Å².